The lowest BCUT2D eigenvalue weighted by Crippen LogP contribution is -2.30. The van der Waals surface area contributed by atoms with E-state index >= 15 is 0 Å². The summed E-state index contributed by atoms with van der Waals surface area (Å²) in [6.45, 7) is 0.504. The lowest BCUT2D eigenvalue weighted by Gasteiger charge is -2.18. The second-order valence-corrected chi connectivity index (χ2v) is 8.71. The van der Waals surface area contributed by atoms with Gasteiger partial charge in [0, 0.05) is 35.4 Å². The van der Waals surface area contributed by atoms with Gasteiger partial charge in [-0.2, -0.15) is 13.2 Å². The van der Waals surface area contributed by atoms with E-state index in [1.165, 1.54) is 6.07 Å². The van der Waals surface area contributed by atoms with Gasteiger partial charge in [-0.25, -0.2) is 0 Å². The van der Waals surface area contributed by atoms with Crippen molar-refractivity contribution >= 4 is 23.2 Å². The third-order valence-electron chi connectivity index (χ3n) is 6.27. The lowest BCUT2D eigenvalue weighted by atomic mass is 9.96. The minimum absolute atomic E-state index is 0.0930. The number of carbonyl (C=O) groups is 2. The van der Waals surface area contributed by atoms with E-state index in [1.54, 1.807) is 65.7 Å². The Morgan fingerprint density at radius 1 is 0.919 bits per heavy atom. The maximum Gasteiger partial charge on any atom is 0.416 e. The van der Waals surface area contributed by atoms with Gasteiger partial charge in [0.1, 0.15) is 0 Å². The molecule has 4 aromatic rings. The third-order valence-corrected chi connectivity index (χ3v) is 6.27. The van der Waals surface area contributed by atoms with Crippen molar-refractivity contribution in [1.29, 1.82) is 0 Å². The summed E-state index contributed by atoms with van der Waals surface area (Å²) >= 11 is 0. The Morgan fingerprint density at radius 3 is 2.43 bits per heavy atom. The van der Waals surface area contributed by atoms with Gasteiger partial charge in [0.2, 0.25) is 5.91 Å². The highest BCUT2D eigenvalue weighted by molar-refractivity contribution is 6.09. The van der Waals surface area contributed by atoms with Crippen LogP contribution in [-0.2, 0) is 23.8 Å². The first-order chi connectivity index (χ1) is 17.8. The van der Waals surface area contributed by atoms with E-state index in [0.29, 0.717) is 41.2 Å². The van der Waals surface area contributed by atoms with Gasteiger partial charge in [0.25, 0.3) is 5.91 Å². The number of fused-ring (bicyclic) bond motifs is 1. The van der Waals surface area contributed by atoms with Crippen molar-refractivity contribution in [3.8, 4) is 11.1 Å². The molecule has 0 spiro atoms. The molecule has 0 unspecified atom stereocenters. The Labute approximate surface area is 211 Å². The van der Waals surface area contributed by atoms with E-state index in [4.69, 9.17) is 0 Å². The summed E-state index contributed by atoms with van der Waals surface area (Å²) < 4.78 is 40.3. The molecule has 2 heterocycles. The molecule has 8 heteroatoms. The maximum absolute atomic E-state index is 13.4. The fourth-order valence-electron chi connectivity index (χ4n) is 4.45. The largest absolute Gasteiger partial charge is 0.416 e. The van der Waals surface area contributed by atoms with Gasteiger partial charge in [0.05, 0.1) is 12.0 Å². The third kappa shape index (κ3) is 5.23. The van der Waals surface area contributed by atoms with Crippen LogP contribution in [0.3, 0.4) is 0 Å². The van der Waals surface area contributed by atoms with E-state index < -0.39 is 17.6 Å². The number of amides is 2. The van der Waals surface area contributed by atoms with Crippen LogP contribution in [0.15, 0.2) is 91.1 Å². The number of alkyl halides is 3. The Hall–Kier alpha value is -4.46. The minimum atomic E-state index is -4.59. The highest BCUT2D eigenvalue weighted by atomic mass is 19.4. The molecule has 186 valence electrons. The molecule has 0 bridgehead atoms. The molecule has 1 N–H and O–H groups in total. The molecule has 1 aliphatic rings. The van der Waals surface area contributed by atoms with E-state index in [1.807, 2.05) is 12.1 Å². The SMILES string of the molecule is O=C(Nc1ccc2c(c1)N(C(=O)Cc1ccccn1)CC2)c1cc(C(F)(F)F)ccc1-c1ccccc1. The number of aromatic nitrogens is 1. The maximum atomic E-state index is 13.4. The second kappa shape index (κ2) is 9.89. The molecule has 1 aromatic heterocycles. The molecule has 0 radical (unpaired) electrons. The quantitative estimate of drug-likeness (QED) is 0.357. The summed E-state index contributed by atoms with van der Waals surface area (Å²) in [5.41, 5.74) is 2.69. The molecule has 0 atom stereocenters. The standard InChI is InChI=1S/C29H22F3N3O2/c30-29(31,32)21-10-12-24(19-6-2-1-3-7-19)25(16-21)28(37)34-23-11-9-20-13-15-35(26(20)17-23)27(36)18-22-8-4-5-14-33-22/h1-12,14,16-17H,13,15,18H2,(H,34,37). The van der Waals surface area contributed by atoms with Crippen molar-refractivity contribution in [2.75, 3.05) is 16.8 Å². The Balaban J connectivity index is 1.43. The summed E-state index contributed by atoms with van der Waals surface area (Å²) in [6, 6.07) is 22.5. The summed E-state index contributed by atoms with van der Waals surface area (Å²) in [4.78, 5) is 32.1. The molecule has 0 saturated carbocycles. The fraction of sp³-hybridized carbons (Fsp3) is 0.138. The topological polar surface area (TPSA) is 62.3 Å². The monoisotopic (exact) mass is 501 g/mol. The summed E-state index contributed by atoms with van der Waals surface area (Å²) in [6.07, 6.45) is -2.15. The van der Waals surface area contributed by atoms with Crippen molar-refractivity contribution in [1.82, 2.24) is 4.98 Å². The Morgan fingerprint density at radius 2 is 1.70 bits per heavy atom. The lowest BCUT2D eigenvalue weighted by molar-refractivity contribution is -0.137. The van der Waals surface area contributed by atoms with Crippen molar-refractivity contribution in [3.05, 3.63) is 114 Å². The van der Waals surface area contributed by atoms with Gasteiger partial charge in [-0.15, -0.1) is 0 Å². The molecule has 37 heavy (non-hydrogen) atoms. The number of rotatable bonds is 5. The molecule has 2 amide bonds. The van der Waals surface area contributed by atoms with E-state index in [2.05, 4.69) is 10.3 Å². The van der Waals surface area contributed by atoms with Crippen LogP contribution in [0.4, 0.5) is 24.5 Å². The zero-order chi connectivity index (χ0) is 26.0. The van der Waals surface area contributed by atoms with Gasteiger partial charge in [-0.1, -0.05) is 48.5 Å². The molecule has 5 nitrogen and oxygen atoms in total. The highest BCUT2D eigenvalue weighted by Gasteiger charge is 2.32. The predicted octanol–water partition coefficient (Wildman–Crippen LogP) is 6.15. The van der Waals surface area contributed by atoms with Crippen LogP contribution in [-0.4, -0.2) is 23.3 Å². The van der Waals surface area contributed by atoms with Gasteiger partial charge in [0.15, 0.2) is 0 Å². The average Bonchev–Trinajstić information content (AvgIpc) is 3.32. The first kappa shape index (κ1) is 24.2. The van der Waals surface area contributed by atoms with Gasteiger partial charge in [-0.3, -0.25) is 14.6 Å². The number of benzene rings is 3. The van der Waals surface area contributed by atoms with Crippen LogP contribution >= 0.6 is 0 Å². The van der Waals surface area contributed by atoms with Crippen LogP contribution < -0.4 is 10.2 Å². The zero-order valence-electron chi connectivity index (χ0n) is 19.6. The molecule has 0 aliphatic carbocycles. The van der Waals surface area contributed by atoms with Crippen LogP contribution in [0.2, 0.25) is 0 Å². The summed E-state index contributed by atoms with van der Waals surface area (Å²) in [7, 11) is 0. The number of hydrogen-bond acceptors (Lipinski definition) is 3. The van der Waals surface area contributed by atoms with Gasteiger partial charge in [-0.05, 0) is 59.5 Å². The van der Waals surface area contributed by atoms with Crippen LogP contribution in [0.5, 0.6) is 0 Å². The highest BCUT2D eigenvalue weighted by Crippen LogP contribution is 2.35. The van der Waals surface area contributed by atoms with Gasteiger partial charge < -0.3 is 10.2 Å². The number of halogens is 3. The molecular formula is C29H22F3N3O2. The minimum Gasteiger partial charge on any atom is -0.322 e. The Kier molecular flexibility index (Phi) is 6.48. The molecule has 0 saturated heterocycles. The van der Waals surface area contributed by atoms with Crippen molar-refractivity contribution in [2.45, 2.75) is 19.0 Å². The zero-order valence-corrected chi connectivity index (χ0v) is 19.6. The number of nitrogens with zero attached hydrogens (tertiary/aromatic N) is 2. The number of hydrogen-bond donors (Lipinski definition) is 1. The summed E-state index contributed by atoms with van der Waals surface area (Å²) in [5, 5.41) is 2.73. The predicted molar refractivity (Wildman–Crippen MR) is 135 cm³/mol. The molecule has 1 aliphatic heterocycles. The molecule has 5 rings (SSSR count). The number of nitrogens with one attached hydrogen (secondary N) is 1. The Bertz CT molecular complexity index is 1450. The number of carbonyl (C=O) groups excluding carboxylic acids is 2. The average molecular weight is 502 g/mol. The first-order valence-corrected chi connectivity index (χ1v) is 11.7. The molecule has 0 fully saturated rings. The van der Waals surface area contributed by atoms with E-state index in [9.17, 15) is 22.8 Å². The fourth-order valence-corrected chi connectivity index (χ4v) is 4.45. The van der Waals surface area contributed by atoms with Crippen LogP contribution in [0.25, 0.3) is 11.1 Å². The van der Waals surface area contributed by atoms with Crippen molar-refractivity contribution in [2.24, 2.45) is 0 Å². The normalized spacial score (nSPS) is 12.8. The smallest absolute Gasteiger partial charge is 0.322 e. The molecule has 3 aromatic carbocycles. The number of anilines is 2. The number of pyridine rings is 1. The first-order valence-electron chi connectivity index (χ1n) is 11.7. The van der Waals surface area contributed by atoms with Crippen LogP contribution in [0.1, 0.15) is 27.2 Å². The summed E-state index contributed by atoms with van der Waals surface area (Å²) in [5.74, 6) is -0.792. The van der Waals surface area contributed by atoms with E-state index in [0.717, 1.165) is 17.7 Å². The van der Waals surface area contributed by atoms with Gasteiger partial charge >= 0.3 is 6.18 Å². The van der Waals surface area contributed by atoms with Crippen LogP contribution in [0, 0.1) is 0 Å². The van der Waals surface area contributed by atoms with E-state index in [-0.39, 0.29) is 17.9 Å². The van der Waals surface area contributed by atoms with Crippen molar-refractivity contribution < 1.29 is 22.8 Å². The molecular weight excluding hydrogens is 479 g/mol. The van der Waals surface area contributed by atoms with Crippen molar-refractivity contribution in [3.63, 3.8) is 0 Å². The second-order valence-electron chi connectivity index (χ2n) is 8.71.